The number of thiophene rings is 1. The van der Waals surface area contributed by atoms with E-state index in [9.17, 15) is 9.59 Å². The van der Waals surface area contributed by atoms with E-state index >= 15 is 0 Å². The Morgan fingerprint density at radius 1 is 1.24 bits per heavy atom. The van der Waals surface area contributed by atoms with Gasteiger partial charge >= 0.3 is 5.97 Å². The second-order valence-electron chi connectivity index (χ2n) is 5.80. The van der Waals surface area contributed by atoms with Crippen molar-refractivity contribution in [2.24, 2.45) is 0 Å². The lowest BCUT2D eigenvalue weighted by Gasteiger charge is -2.07. The van der Waals surface area contributed by atoms with Crippen LogP contribution in [-0.2, 0) is 17.7 Å². The Balaban J connectivity index is 1.80. The number of benzene rings is 1. The molecular formula is C19H20N2O3S. The summed E-state index contributed by atoms with van der Waals surface area (Å²) >= 11 is 1.56. The average Bonchev–Trinajstić information content (AvgIpc) is 3.07. The van der Waals surface area contributed by atoms with Crippen LogP contribution in [-0.4, -0.2) is 22.1 Å². The molecule has 130 valence electrons. The summed E-state index contributed by atoms with van der Waals surface area (Å²) in [6.45, 7) is 4.86. The Labute approximate surface area is 149 Å². The van der Waals surface area contributed by atoms with Crippen LogP contribution in [0.25, 0.3) is 10.2 Å². The number of nitrogens with zero attached hydrogens (tertiary/aromatic N) is 2. The first-order valence-corrected chi connectivity index (χ1v) is 9.18. The average molecular weight is 356 g/mol. The minimum absolute atomic E-state index is 0.0348. The highest BCUT2D eigenvalue weighted by molar-refractivity contribution is 7.18. The standard InChI is InChI=1S/C19H20N2O3S/c1-3-9-24-19(23)14-7-5-13(6-8-14)11-21-12-20-17-16(18(21)22)10-15(4-2)25-17/h5-8,10,12H,3-4,9,11H2,1-2H3. The molecule has 25 heavy (non-hydrogen) atoms. The lowest BCUT2D eigenvalue weighted by molar-refractivity contribution is 0.0505. The van der Waals surface area contributed by atoms with Gasteiger partial charge in [-0.2, -0.15) is 0 Å². The van der Waals surface area contributed by atoms with Gasteiger partial charge in [-0.1, -0.05) is 26.0 Å². The second kappa shape index (κ2) is 7.61. The van der Waals surface area contributed by atoms with Gasteiger partial charge < -0.3 is 4.74 Å². The normalized spacial score (nSPS) is 11.0. The molecule has 2 heterocycles. The summed E-state index contributed by atoms with van der Waals surface area (Å²) in [7, 11) is 0. The lowest BCUT2D eigenvalue weighted by Crippen LogP contribution is -2.20. The maximum atomic E-state index is 12.6. The number of carbonyl (C=O) groups is 1. The van der Waals surface area contributed by atoms with Crippen LogP contribution >= 0.6 is 11.3 Å². The van der Waals surface area contributed by atoms with E-state index in [0.29, 0.717) is 24.1 Å². The molecule has 0 N–H and O–H groups in total. The molecular weight excluding hydrogens is 336 g/mol. The van der Waals surface area contributed by atoms with Crippen molar-refractivity contribution in [1.29, 1.82) is 0 Å². The first-order valence-electron chi connectivity index (χ1n) is 8.36. The summed E-state index contributed by atoms with van der Waals surface area (Å²) < 4.78 is 6.71. The van der Waals surface area contributed by atoms with Crippen molar-refractivity contribution in [1.82, 2.24) is 9.55 Å². The zero-order valence-corrected chi connectivity index (χ0v) is 15.1. The molecule has 1 aromatic carbocycles. The van der Waals surface area contributed by atoms with Crippen molar-refractivity contribution >= 4 is 27.5 Å². The van der Waals surface area contributed by atoms with E-state index in [1.54, 1.807) is 34.4 Å². The Hall–Kier alpha value is -2.47. The number of aromatic nitrogens is 2. The molecule has 0 aliphatic heterocycles. The van der Waals surface area contributed by atoms with E-state index in [4.69, 9.17) is 4.74 Å². The fourth-order valence-electron chi connectivity index (χ4n) is 2.52. The molecule has 0 radical (unpaired) electrons. The van der Waals surface area contributed by atoms with E-state index < -0.39 is 0 Å². The van der Waals surface area contributed by atoms with Gasteiger partial charge in [0.1, 0.15) is 4.83 Å². The van der Waals surface area contributed by atoms with Crippen LogP contribution in [0.5, 0.6) is 0 Å². The number of carbonyl (C=O) groups excluding carboxylic acids is 1. The largest absolute Gasteiger partial charge is 0.462 e. The molecule has 0 saturated carbocycles. The Bertz CT molecular complexity index is 941. The minimum Gasteiger partial charge on any atom is -0.462 e. The predicted molar refractivity (Wildman–Crippen MR) is 99.4 cm³/mol. The monoisotopic (exact) mass is 356 g/mol. The number of esters is 1. The molecule has 3 aromatic rings. The molecule has 0 unspecified atom stereocenters. The van der Waals surface area contributed by atoms with Gasteiger partial charge in [-0.25, -0.2) is 9.78 Å². The predicted octanol–water partition coefficient (Wildman–Crippen LogP) is 3.64. The first-order chi connectivity index (χ1) is 12.1. The van der Waals surface area contributed by atoms with Gasteiger partial charge in [0.25, 0.3) is 5.56 Å². The summed E-state index contributed by atoms with van der Waals surface area (Å²) in [5.74, 6) is -0.320. The van der Waals surface area contributed by atoms with Gasteiger partial charge in [0.15, 0.2) is 0 Å². The maximum absolute atomic E-state index is 12.6. The molecule has 0 aliphatic carbocycles. The Kier molecular flexibility index (Phi) is 5.28. The molecule has 0 fully saturated rings. The van der Waals surface area contributed by atoms with Gasteiger partial charge in [0, 0.05) is 4.88 Å². The minimum atomic E-state index is -0.320. The van der Waals surface area contributed by atoms with Gasteiger partial charge in [0.2, 0.25) is 0 Å². The van der Waals surface area contributed by atoms with E-state index in [2.05, 4.69) is 11.9 Å². The molecule has 0 saturated heterocycles. The van der Waals surface area contributed by atoms with Crippen LogP contribution in [0.4, 0.5) is 0 Å². The summed E-state index contributed by atoms with van der Waals surface area (Å²) in [5.41, 5.74) is 1.41. The number of aryl methyl sites for hydroxylation is 1. The van der Waals surface area contributed by atoms with Gasteiger partial charge in [-0.15, -0.1) is 11.3 Å². The highest BCUT2D eigenvalue weighted by atomic mass is 32.1. The summed E-state index contributed by atoms with van der Waals surface area (Å²) in [6.07, 6.45) is 3.28. The third kappa shape index (κ3) is 3.79. The van der Waals surface area contributed by atoms with Gasteiger partial charge in [-0.3, -0.25) is 9.36 Å². The number of hydrogen-bond donors (Lipinski definition) is 0. The van der Waals surface area contributed by atoms with Crippen LogP contribution in [0.15, 0.2) is 41.5 Å². The molecule has 0 aliphatic rings. The zero-order valence-electron chi connectivity index (χ0n) is 14.3. The lowest BCUT2D eigenvalue weighted by atomic mass is 10.1. The van der Waals surface area contributed by atoms with Gasteiger partial charge in [0.05, 0.1) is 30.4 Å². The molecule has 2 aromatic heterocycles. The number of rotatable bonds is 6. The number of fused-ring (bicyclic) bond motifs is 1. The first kappa shape index (κ1) is 17.4. The maximum Gasteiger partial charge on any atom is 0.338 e. The second-order valence-corrected chi connectivity index (χ2v) is 6.91. The zero-order chi connectivity index (χ0) is 17.8. The quantitative estimate of drug-likeness (QED) is 0.633. The number of hydrogen-bond acceptors (Lipinski definition) is 5. The summed E-state index contributed by atoms with van der Waals surface area (Å²) in [6, 6.07) is 9.06. The van der Waals surface area contributed by atoms with Crippen LogP contribution < -0.4 is 5.56 Å². The van der Waals surface area contributed by atoms with E-state index in [-0.39, 0.29) is 11.5 Å². The van der Waals surface area contributed by atoms with Crippen molar-refractivity contribution in [3.8, 4) is 0 Å². The van der Waals surface area contributed by atoms with Crippen LogP contribution in [0.2, 0.25) is 0 Å². The van der Waals surface area contributed by atoms with Crippen LogP contribution in [0.3, 0.4) is 0 Å². The fourth-order valence-corrected chi connectivity index (χ4v) is 3.44. The van der Waals surface area contributed by atoms with Crippen molar-refractivity contribution in [2.75, 3.05) is 6.61 Å². The highest BCUT2D eigenvalue weighted by Gasteiger charge is 2.10. The molecule has 5 nitrogen and oxygen atoms in total. The summed E-state index contributed by atoms with van der Waals surface area (Å²) in [4.78, 5) is 30.8. The van der Waals surface area contributed by atoms with Crippen molar-refractivity contribution in [2.45, 2.75) is 33.2 Å². The molecule has 0 spiro atoms. The molecule has 6 heteroatoms. The van der Waals surface area contributed by atoms with Crippen molar-refractivity contribution in [3.63, 3.8) is 0 Å². The fraction of sp³-hybridized carbons (Fsp3) is 0.316. The van der Waals surface area contributed by atoms with E-state index in [1.807, 2.05) is 25.1 Å². The third-order valence-electron chi connectivity index (χ3n) is 3.90. The van der Waals surface area contributed by atoms with Crippen molar-refractivity contribution in [3.05, 3.63) is 63.0 Å². The number of ether oxygens (including phenoxy) is 1. The smallest absolute Gasteiger partial charge is 0.338 e. The molecule has 3 rings (SSSR count). The molecule has 0 amide bonds. The van der Waals surface area contributed by atoms with Crippen LogP contribution in [0, 0.1) is 0 Å². The Morgan fingerprint density at radius 2 is 2.00 bits per heavy atom. The molecule has 0 bridgehead atoms. The Morgan fingerprint density at radius 3 is 2.68 bits per heavy atom. The SMILES string of the molecule is CCCOC(=O)c1ccc(Cn2cnc3sc(CC)cc3c2=O)cc1. The van der Waals surface area contributed by atoms with E-state index in [0.717, 1.165) is 28.1 Å². The topological polar surface area (TPSA) is 61.2 Å². The summed E-state index contributed by atoms with van der Waals surface area (Å²) in [5, 5.41) is 0.670. The molecule has 0 atom stereocenters. The van der Waals surface area contributed by atoms with Crippen LogP contribution in [0.1, 0.15) is 41.1 Å². The van der Waals surface area contributed by atoms with Crippen molar-refractivity contribution < 1.29 is 9.53 Å². The van der Waals surface area contributed by atoms with E-state index in [1.165, 1.54) is 0 Å². The highest BCUT2D eigenvalue weighted by Crippen LogP contribution is 2.21. The third-order valence-corrected chi connectivity index (χ3v) is 5.08. The van der Waals surface area contributed by atoms with Gasteiger partial charge in [-0.05, 0) is 36.6 Å².